The predicted molar refractivity (Wildman–Crippen MR) is 111 cm³/mol. The first kappa shape index (κ1) is 17.8. The van der Waals surface area contributed by atoms with Crippen LogP contribution in [0.3, 0.4) is 0 Å². The van der Waals surface area contributed by atoms with Crippen molar-refractivity contribution in [3.8, 4) is 5.75 Å². The van der Waals surface area contributed by atoms with Gasteiger partial charge in [-0.15, -0.1) is 0 Å². The monoisotopic (exact) mass is 381 g/mol. The number of methoxy groups -OCH3 is 1. The van der Waals surface area contributed by atoms with Gasteiger partial charge in [0, 0.05) is 24.7 Å². The first-order valence-corrected chi connectivity index (χ1v) is 10.0. The summed E-state index contributed by atoms with van der Waals surface area (Å²) in [5, 5.41) is 4.08. The summed E-state index contributed by atoms with van der Waals surface area (Å²) in [6.07, 6.45) is 1.69. The molecule has 27 heavy (non-hydrogen) atoms. The van der Waals surface area contributed by atoms with Gasteiger partial charge in [-0.3, -0.25) is 4.79 Å². The van der Waals surface area contributed by atoms with Gasteiger partial charge in [-0.25, -0.2) is 4.98 Å². The Morgan fingerprint density at radius 3 is 2.63 bits per heavy atom. The Kier molecular flexibility index (Phi) is 4.99. The van der Waals surface area contributed by atoms with E-state index in [2.05, 4.69) is 35.3 Å². The molecule has 1 aliphatic rings. The van der Waals surface area contributed by atoms with Crippen LogP contribution in [0.2, 0.25) is 0 Å². The maximum Gasteiger partial charge on any atom is 0.227 e. The summed E-state index contributed by atoms with van der Waals surface area (Å²) in [7, 11) is 1.63. The Morgan fingerprint density at radius 1 is 1.19 bits per heavy atom. The van der Waals surface area contributed by atoms with Gasteiger partial charge in [-0.1, -0.05) is 17.4 Å². The number of aryl methyl sites for hydroxylation is 1. The summed E-state index contributed by atoms with van der Waals surface area (Å²) < 4.78 is 6.38. The minimum atomic E-state index is 0.0416. The smallest absolute Gasteiger partial charge is 0.227 e. The highest BCUT2D eigenvalue weighted by atomic mass is 32.1. The van der Waals surface area contributed by atoms with E-state index >= 15 is 0 Å². The van der Waals surface area contributed by atoms with Crippen LogP contribution in [0.4, 0.5) is 10.8 Å². The van der Waals surface area contributed by atoms with Crippen LogP contribution in [-0.2, 0) is 4.79 Å². The van der Waals surface area contributed by atoms with Crippen LogP contribution in [-0.4, -0.2) is 31.1 Å². The third-order valence-electron chi connectivity index (χ3n) is 5.03. The summed E-state index contributed by atoms with van der Waals surface area (Å²) in [5.74, 6) is 0.923. The van der Waals surface area contributed by atoms with Crippen LogP contribution < -0.4 is 15.0 Å². The summed E-state index contributed by atoms with van der Waals surface area (Å²) in [5.41, 5.74) is 3.12. The van der Waals surface area contributed by atoms with E-state index in [0.29, 0.717) is 0 Å². The molecule has 1 N–H and O–H groups in total. The number of fused-ring (bicyclic) bond motifs is 1. The van der Waals surface area contributed by atoms with Crippen LogP contribution >= 0.6 is 11.3 Å². The lowest BCUT2D eigenvalue weighted by Crippen LogP contribution is -2.38. The van der Waals surface area contributed by atoms with Gasteiger partial charge >= 0.3 is 0 Å². The fourth-order valence-electron chi connectivity index (χ4n) is 3.41. The number of rotatable bonds is 4. The van der Waals surface area contributed by atoms with E-state index in [9.17, 15) is 4.79 Å². The average Bonchev–Trinajstić information content (AvgIpc) is 3.12. The first-order chi connectivity index (χ1) is 13.1. The highest BCUT2D eigenvalue weighted by molar-refractivity contribution is 7.22. The Hall–Kier alpha value is -2.60. The van der Waals surface area contributed by atoms with Gasteiger partial charge < -0.3 is 15.0 Å². The molecule has 0 radical (unpaired) electrons. The van der Waals surface area contributed by atoms with Gasteiger partial charge in [-0.2, -0.15) is 0 Å². The van der Waals surface area contributed by atoms with Crippen molar-refractivity contribution in [2.24, 2.45) is 5.92 Å². The molecule has 4 rings (SSSR count). The first-order valence-electron chi connectivity index (χ1n) is 9.19. The minimum absolute atomic E-state index is 0.0416. The lowest BCUT2D eigenvalue weighted by molar-refractivity contribution is -0.120. The molecule has 0 aliphatic carbocycles. The molecule has 0 unspecified atom stereocenters. The molecular formula is C21H23N3O2S. The van der Waals surface area contributed by atoms with Crippen molar-refractivity contribution in [3.63, 3.8) is 0 Å². The zero-order valence-corrected chi connectivity index (χ0v) is 16.4. The highest BCUT2D eigenvalue weighted by Crippen LogP contribution is 2.32. The molecule has 0 spiro atoms. The molecule has 0 atom stereocenters. The van der Waals surface area contributed by atoms with Crippen molar-refractivity contribution < 1.29 is 9.53 Å². The number of nitrogens with zero attached hydrogens (tertiary/aromatic N) is 2. The maximum atomic E-state index is 12.6. The number of amides is 1. The Bertz CT molecular complexity index is 944. The molecule has 3 aromatic rings. The van der Waals surface area contributed by atoms with Crippen molar-refractivity contribution in [3.05, 3.63) is 48.0 Å². The van der Waals surface area contributed by atoms with Crippen LogP contribution in [0.15, 0.2) is 42.5 Å². The van der Waals surface area contributed by atoms with E-state index in [0.717, 1.165) is 48.0 Å². The van der Waals surface area contributed by atoms with Gasteiger partial charge in [0.15, 0.2) is 5.13 Å². The Morgan fingerprint density at radius 2 is 1.93 bits per heavy atom. The number of piperidine rings is 1. The minimum Gasteiger partial charge on any atom is -0.497 e. The molecule has 5 nitrogen and oxygen atoms in total. The number of thiazole rings is 1. The number of carbonyl (C=O) groups excluding carboxylic acids is 1. The summed E-state index contributed by atoms with van der Waals surface area (Å²) >= 11 is 1.74. The normalized spacial score (nSPS) is 15.1. The predicted octanol–water partition coefficient (Wildman–Crippen LogP) is 4.47. The summed E-state index contributed by atoms with van der Waals surface area (Å²) in [4.78, 5) is 19.6. The van der Waals surface area contributed by atoms with Crippen LogP contribution in [0.25, 0.3) is 10.2 Å². The highest BCUT2D eigenvalue weighted by Gasteiger charge is 2.26. The molecule has 1 fully saturated rings. The van der Waals surface area contributed by atoms with Crippen LogP contribution in [0.1, 0.15) is 18.4 Å². The number of ether oxygens (including phenoxy) is 1. The third-order valence-corrected chi connectivity index (χ3v) is 6.11. The van der Waals surface area contributed by atoms with Crippen molar-refractivity contribution in [1.29, 1.82) is 0 Å². The molecule has 0 saturated carbocycles. The van der Waals surface area contributed by atoms with Gasteiger partial charge in [0.2, 0.25) is 5.91 Å². The van der Waals surface area contributed by atoms with Gasteiger partial charge in [0.05, 0.1) is 17.3 Å². The lowest BCUT2D eigenvalue weighted by atomic mass is 9.96. The molecule has 1 amide bonds. The topological polar surface area (TPSA) is 54.5 Å². The second kappa shape index (κ2) is 7.56. The van der Waals surface area contributed by atoms with Crippen molar-refractivity contribution in [2.75, 3.05) is 30.4 Å². The van der Waals surface area contributed by atoms with Crippen LogP contribution in [0.5, 0.6) is 5.75 Å². The molecule has 1 aliphatic heterocycles. The zero-order chi connectivity index (χ0) is 18.8. The number of anilines is 2. The van der Waals surface area contributed by atoms with Crippen LogP contribution in [0, 0.1) is 12.8 Å². The van der Waals surface area contributed by atoms with Crippen molar-refractivity contribution in [2.45, 2.75) is 19.8 Å². The average molecular weight is 382 g/mol. The fourth-order valence-corrected chi connectivity index (χ4v) is 4.52. The van der Waals surface area contributed by atoms with E-state index in [-0.39, 0.29) is 11.8 Å². The van der Waals surface area contributed by atoms with E-state index < -0.39 is 0 Å². The second-order valence-corrected chi connectivity index (χ2v) is 7.96. The molecule has 2 heterocycles. The molecule has 2 aromatic carbocycles. The lowest BCUT2D eigenvalue weighted by Gasteiger charge is -2.31. The number of benzene rings is 2. The van der Waals surface area contributed by atoms with Gasteiger partial charge in [0.1, 0.15) is 5.75 Å². The SMILES string of the molecule is COc1ccc(NC(=O)C2CCN(c3nc4ccc(C)cc4s3)CC2)cc1. The fraction of sp³-hybridized carbons (Fsp3) is 0.333. The van der Waals surface area contributed by atoms with E-state index in [1.807, 2.05) is 24.3 Å². The van der Waals surface area contributed by atoms with Gasteiger partial charge in [-0.05, 0) is 61.7 Å². The molecule has 6 heteroatoms. The Labute approximate surface area is 163 Å². The number of hydrogen-bond acceptors (Lipinski definition) is 5. The van der Waals surface area contributed by atoms with Gasteiger partial charge in [0.25, 0.3) is 0 Å². The number of hydrogen-bond donors (Lipinski definition) is 1. The molecule has 140 valence electrons. The van der Waals surface area contributed by atoms with E-state index in [1.165, 1.54) is 10.3 Å². The molecule has 1 saturated heterocycles. The van der Waals surface area contributed by atoms with E-state index in [4.69, 9.17) is 9.72 Å². The molecule has 0 bridgehead atoms. The number of carbonyl (C=O) groups is 1. The largest absolute Gasteiger partial charge is 0.497 e. The summed E-state index contributed by atoms with van der Waals surface area (Å²) in [6, 6.07) is 13.8. The van der Waals surface area contributed by atoms with Crippen molar-refractivity contribution >= 4 is 38.3 Å². The summed E-state index contributed by atoms with van der Waals surface area (Å²) in [6.45, 7) is 3.82. The second-order valence-electron chi connectivity index (χ2n) is 6.95. The number of aromatic nitrogens is 1. The standard InChI is InChI=1S/C21H23N3O2S/c1-14-3-8-18-19(13-14)27-21(23-18)24-11-9-15(10-12-24)20(25)22-16-4-6-17(26-2)7-5-16/h3-8,13,15H,9-12H2,1-2H3,(H,22,25). The quantitative estimate of drug-likeness (QED) is 0.724. The Balaban J connectivity index is 1.36. The molecular weight excluding hydrogens is 358 g/mol. The van der Waals surface area contributed by atoms with Crippen molar-refractivity contribution in [1.82, 2.24) is 4.98 Å². The maximum absolute atomic E-state index is 12.6. The third kappa shape index (κ3) is 3.90. The molecule has 1 aromatic heterocycles. The van der Waals surface area contributed by atoms with E-state index in [1.54, 1.807) is 18.4 Å². The number of nitrogens with one attached hydrogen (secondary N) is 1. The zero-order valence-electron chi connectivity index (χ0n) is 15.6.